The van der Waals surface area contributed by atoms with Crippen LogP contribution in [0.4, 0.5) is 0 Å². The van der Waals surface area contributed by atoms with Crippen molar-refractivity contribution in [3.8, 4) is 0 Å². The fourth-order valence-corrected chi connectivity index (χ4v) is 8.17. The van der Waals surface area contributed by atoms with Crippen molar-refractivity contribution in [3.63, 3.8) is 0 Å². The van der Waals surface area contributed by atoms with Crippen LogP contribution >= 0.6 is 0 Å². The average Bonchev–Trinajstić information content (AvgIpc) is 3.76. The second-order valence-corrected chi connectivity index (χ2v) is 13.0. The number of esters is 2. The van der Waals surface area contributed by atoms with Crippen molar-refractivity contribution in [1.82, 2.24) is 20.6 Å². The molecule has 0 saturated carbocycles. The molecular formula is C36H46N4O5. The molecule has 1 fully saturated rings. The van der Waals surface area contributed by atoms with E-state index in [1.165, 1.54) is 36.6 Å². The first-order valence-electron chi connectivity index (χ1n) is 16.2. The van der Waals surface area contributed by atoms with Crippen molar-refractivity contribution in [1.29, 1.82) is 0 Å². The first-order chi connectivity index (χ1) is 21.5. The summed E-state index contributed by atoms with van der Waals surface area (Å²) in [5, 5.41) is 19.2. The Bertz CT molecular complexity index is 1700. The molecule has 5 N–H and O–H groups in total. The van der Waals surface area contributed by atoms with Gasteiger partial charge in [-0.2, -0.15) is 0 Å². The van der Waals surface area contributed by atoms with Crippen molar-refractivity contribution in [2.45, 2.75) is 79.8 Å². The summed E-state index contributed by atoms with van der Waals surface area (Å²) in [6.07, 6.45) is 6.66. The number of hydrogen-bond donors (Lipinski definition) is 5. The molecule has 4 aliphatic rings. The second kappa shape index (κ2) is 11.7. The van der Waals surface area contributed by atoms with Crippen LogP contribution < -0.4 is 10.6 Å². The molecule has 9 heteroatoms. The van der Waals surface area contributed by atoms with Gasteiger partial charge in [0.1, 0.15) is 5.92 Å². The van der Waals surface area contributed by atoms with E-state index in [9.17, 15) is 14.7 Å². The molecule has 8 bridgehead atoms. The van der Waals surface area contributed by atoms with E-state index in [1.807, 2.05) is 6.92 Å². The second-order valence-electron chi connectivity index (χ2n) is 13.0. The van der Waals surface area contributed by atoms with E-state index in [2.05, 4.69) is 67.4 Å². The summed E-state index contributed by atoms with van der Waals surface area (Å²) in [6, 6.07) is 0. The van der Waals surface area contributed by atoms with E-state index in [4.69, 9.17) is 9.47 Å². The lowest BCUT2D eigenvalue weighted by Crippen LogP contribution is -2.24. The SMILES string of the molecule is CCc1c2[nH]c(c1C)C=C1NC(=C(C)[C@H]1CC)/C=C1\N/C(=C3\c4[nH]c(c(C)c4[C@H](O)[C@@H]3C(=O)OC)C2)[C@@H](CCC(=O)OC)[C@@H]1C. The zero-order valence-electron chi connectivity index (χ0n) is 27.7. The number of methoxy groups -OCH3 is 2. The third-order valence-corrected chi connectivity index (χ3v) is 10.8. The number of ether oxygens (including phenoxy) is 2. The molecule has 2 aromatic rings. The van der Waals surface area contributed by atoms with Gasteiger partial charge in [-0.3, -0.25) is 9.59 Å². The highest BCUT2D eigenvalue weighted by Gasteiger charge is 2.48. The highest BCUT2D eigenvalue weighted by molar-refractivity contribution is 5.94. The van der Waals surface area contributed by atoms with Crippen LogP contribution in [0.1, 0.15) is 98.1 Å². The molecule has 3 aliphatic heterocycles. The third-order valence-electron chi connectivity index (χ3n) is 10.8. The molecule has 1 aliphatic carbocycles. The number of aromatic nitrogens is 2. The predicted molar refractivity (Wildman–Crippen MR) is 173 cm³/mol. The highest BCUT2D eigenvalue weighted by atomic mass is 16.5. The fourth-order valence-electron chi connectivity index (χ4n) is 8.17. The number of fused-ring (bicyclic) bond motifs is 7. The summed E-state index contributed by atoms with van der Waals surface area (Å²) in [5.41, 5.74) is 14.3. The van der Waals surface area contributed by atoms with Crippen LogP contribution in [0, 0.1) is 37.5 Å². The average molecular weight is 615 g/mol. The number of allylic oxidation sites excluding steroid dienone is 4. The Morgan fingerprint density at radius 1 is 0.978 bits per heavy atom. The van der Waals surface area contributed by atoms with Gasteiger partial charge in [0, 0.05) is 81.6 Å². The maximum atomic E-state index is 13.4. The summed E-state index contributed by atoms with van der Waals surface area (Å²) in [6.45, 7) is 13.0. The van der Waals surface area contributed by atoms with Crippen molar-refractivity contribution in [2.75, 3.05) is 14.2 Å². The molecule has 2 aromatic heterocycles. The molecule has 9 nitrogen and oxygen atoms in total. The van der Waals surface area contributed by atoms with E-state index in [0.717, 1.165) is 63.8 Å². The van der Waals surface area contributed by atoms with Gasteiger partial charge in [-0.1, -0.05) is 20.8 Å². The van der Waals surface area contributed by atoms with Crippen molar-refractivity contribution < 1.29 is 24.2 Å². The van der Waals surface area contributed by atoms with Gasteiger partial charge in [0.25, 0.3) is 0 Å². The van der Waals surface area contributed by atoms with E-state index < -0.39 is 18.0 Å². The molecule has 240 valence electrons. The van der Waals surface area contributed by atoms with Crippen LogP contribution in [0.3, 0.4) is 0 Å². The van der Waals surface area contributed by atoms with Crippen LogP contribution in [-0.2, 0) is 31.9 Å². The van der Waals surface area contributed by atoms with Gasteiger partial charge >= 0.3 is 11.9 Å². The van der Waals surface area contributed by atoms with Gasteiger partial charge in [0.2, 0.25) is 0 Å². The van der Waals surface area contributed by atoms with Crippen LogP contribution in [0.2, 0.25) is 0 Å². The van der Waals surface area contributed by atoms with E-state index in [-0.39, 0.29) is 30.1 Å². The Kier molecular flexibility index (Phi) is 8.10. The fraction of sp³-hybridized carbons (Fsp3) is 0.500. The van der Waals surface area contributed by atoms with Crippen LogP contribution in [0.25, 0.3) is 11.6 Å². The Labute approximate surface area is 265 Å². The number of nitrogens with one attached hydrogen (secondary N) is 4. The molecule has 0 aromatic carbocycles. The standard InChI is InChI=1S/C36H46N4O5/c1-9-20-16(3)23-13-25-18(5)22(11-12-29(41)44-7)33(39-25)31-32(36(43)45-8)35(42)30-19(6)26(40-34(30)31)15-28-21(10-2)17(4)24(38-28)14-27(20)37-23/h13-14,18,20,22,32,35,37-40,42H,9-12,15H2,1-8H3/b25-13-,27-14?,33-31-/t18-,20+,22-,32+,35-/m0/s1. The molecule has 5 heterocycles. The molecule has 0 unspecified atom stereocenters. The van der Waals surface area contributed by atoms with Crippen molar-refractivity contribution in [2.24, 2.45) is 23.7 Å². The summed E-state index contributed by atoms with van der Waals surface area (Å²) in [5.74, 6) is -1.50. The molecule has 1 saturated heterocycles. The van der Waals surface area contributed by atoms with Crippen LogP contribution in [-0.4, -0.2) is 41.2 Å². The summed E-state index contributed by atoms with van der Waals surface area (Å²) < 4.78 is 10.3. The molecule has 5 atom stereocenters. The number of aliphatic hydroxyl groups excluding tert-OH is 1. The minimum atomic E-state index is -1.06. The van der Waals surface area contributed by atoms with Gasteiger partial charge in [-0.15, -0.1) is 0 Å². The lowest BCUT2D eigenvalue weighted by molar-refractivity contribution is -0.146. The molecule has 6 rings (SSSR count). The lowest BCUT2D eigenvalue weighted by atomic mass is 9.84. The van der Waals surface area contributed by atoms with E-state index in [1.54, 1.807) is 0 Å². The van der Waals surface area contributed by atoms with Gasteiger partial charge < -0.3 is 35.2 Å². The molecule has 0 amide bonds. The lowest BCUT2D eigenvalue weighted by Gasteiger charge is -2.21. The predicted octanol–water partition coefficient (Wildman–Crippen LogP) is 5.61. The molecule has 0 radical (unpaired) electrons. The maximum Gasteiger partial charge on any atom is 0.316 e. The topological polar surface area (TPSA) is 128 Å². The number of aromatic amines is 2. The Balaban J connectivity index is 1.63. The summed E-state index contributed by atoms with van der Waals surface area (Å²) in [7, 11) is 2.76. The Morgan fingerprint density at radius 3 is 2.40 bits per heavy atom. The number of carbonyl (C=O) groups is 2. The van der Waals surface area contributed by atoms with Gasteiger partial charge in [0.05, 0.1) is 26.0 Å². The zero-order valence-corrected chi connectivity index (χ0v) is 27.7. The first-order valence-corrected chi connectivity index (χ1v) is 16.2. The van der Waals surface area contributed by atoms with Crippen molar-refractivity contribution >= 4 is 23.6 Å². The smallest absolute Gasteiger partial charge is 0.316 e. The van der Waals surface area contributed by atoms with Crippen molar-refractivity contribution in [3.05, 3.63) is 79.5 Å². The minimum absolute atomic E-state index is 0.0120. The molecule has 0 spiro atoms. The third kappa shape index (κ3) is 4.87. The maximum absolute atomic E-state index is 13.4. The minimum Gasteiger partial charge on any atom is -0.469 e. The van der Waals surface area contributed by atoms with Crippen LogP contribution in [0.15, 0.2) is 34.4 Å². The summed E-state index contributed by atoms with van der Waals surface area (Å²) >= 11 is 0. The number of aliphatic hydroxyl groups is 1. The Morgan fingerprint density at radius 2 is 1.73 bits per heavy atom. The summed E-state index contributed by atoms with van der Waals surface area (Å²) in [4.78, 5) is 33.1. The highest BCUT2D eigenvalue weighted by Crippen LogP contribution is 2.52. The van der Waals surface area contributed by atoms with E-state index >= 15 is 0 Å². The number of carbonyl (C=O) groups excluding carboxylic acids is 2. The quantitative estimate of drug-likeness (QED) is 0.268. The first kappa shape index (κ1) is 31.0. The van der Waals surface area contributed by atoms with Gasteiger partial charge in [-0.25, -0.2) is 0 Å². The number of H-pyrrole nitrogens is 2. The Hall–Kier alpha value is -3.98. The number of rotatable bonds is 6. The van der Waals surface area contributed by atoms with Crippen LogP contribution in [0.5, 0.6) is 0 Å². The van der Waals surface area contributed by atoms with E-state index in [0.29, 0.717) is 18.4 Å². The zero-order chi connectivity index (χ0) is 32.3. The van der Waals surface area contributed by atoms with Gasteiger partial charge in [0.15, 0.2) is 0 Å². The number of hydrogen-bond acceptors (Lipinski definition) is 7. The largest absolute Gasteiger partial charge is 0.469 e. The van der Waals surface area contributed by atoms with Gasteiger partial charge in [-0.05, 0) is 74.4 Å². The monoisotopic (exact) mass is 614 g/mol. The normalized spacial score (nSPS) is 28.0. The molecule has 45 heavy (non-hydrogen) atoms. The molecular weight excluding hydrogens is 568 g/mol.